The van der Waals surface area contributed by atoms with E-state index in [1.807, 2.05) is 35.2 Å². The Balaban J connectivity index is 1.64. The van der Waals surface area contributed by atoms with Gasteiger partial charge < -0.3 is 9.64 Å². The highest BCUT2D eigenvalue weighted by molar-refractivity contribution is 7.90. The predicted octanol–water partition coefficient (Wildman–Crippen LogP) is 5.61. The van der Waals surface area contributed by atoms with Gasteiger partial charge >= 0.3 is 12.1 Å². The third kappa shape index (κ3) is 6.14. The van der Waals surface area contributed by atoms with Gasteiger partial charge in [-0.25, -0.2) is 13.2 Å². The van der Waals surface area contributed by atoms with Crippen molar-refractivity contribution in [3.8, 4) is 0 Å². The number of rotatable bonds is 6. The molecule has 4 rings (SSSR count). The van der Waals surface area contributed by atoms with Crippen LogP contribution in [0.1, 0.15) is 33.1 Å². The maximum Gasteiger partial charge on any atom is 0.417 e. The maximum atomic E-state index is 13.2. The molecule has 0 aromatic heterocycles. The lowest BCUT2D eigenvalue weighted by atomic mass is 10.0. The lowest BCUT2D eigenvalue weighted by Gasteiger charge is -2.43. The van der Waals surface area contributed by atoms with Crippen molar-refractivity contribution in [1.29, 1.82) is 0 Å². The van der Waals surface area contributed by atoms with E-state index in [0.717, 1.165) is 17.9 Å². The predicted molar refractivity (Wildman–Crippen MR) is 139 cm³/mol. The molecule has 1 heterocycles. The lowest BCUT2D eigenvalue weighted by molar-refractivity contribution is -0.137. The van der Waals surface area contributed by atoms with Crippen LogP contribution >= 0.6 is 11.6 Å². The summed E-state index contributed by atoms with van der Waals surface area (Å²) in [6.07, 6.45) is -3.49. The summed E-state index contributed by atoms with van der Waals surface area (Å²) < 4.78 is 69.1. The van der Waals surface area contributed by atoms with Crippen molar-refractivity contribution in [3.63, 3.8) is 0 Å². The topological polar surface area (TPSA) is 66.9 Å². The van der Waals surface area contributed by atoms with Crippen LogP contribution < -0.4 is 4.90 Å². The van der Waals surface area contributed by atoms with Crippen LogP contribution in [0.5, 0.6) is 0 Å². The molecule has 1 aliphatic rings. The second-order valence-corrected chi connectivity index (χ2v) is 11.5. The second-order valence-electron chi connectivity index (χ2n) is 9.10. The van der Waals surface area contributed by atoms with Crippen LogP contribution in [0.25, 0.3) is 0 Å². The first kappa shape index (κ1) is 27.9. The van der Waals surface area contributed by atoms with E-state index in [9.17, 15) is 26.4 Å². The molecule has 202 valence electrons. The number of carbonyl (C=O) groups is 1. The number of anilines is 1. The zero-order chi connectivity index (χ0) is 27.7. The van der Waals surface area contributed by atoms with Crippen LogP contribution in [0.4, 0.5) is 18.9 Å². The third-order valence-electron chi connectivity index (χ3n) is 6.54. The number of benzene rings is 3. The van der Waals surface area contributed by atoms with Gasteiger partial charge in [0.05, 0.1) is 34.2 Å². The van der Waals surface area contributed by atoms with E-state index in [2.05, 4.69) is 4.90 Å². The molecule has 0 spiro atoms. The minimum absolute atomic E-state index is 0.0313. The summed E-state index contributed by atoms with van der Waals surface area (Å²) in [7, 11) is -2.53. The fourth-order valence-electron chi connectivity index (χ4n) is 4.65. The zero-order valence-corrected chi connectivity index (χ0v) is 22.3. The summed E-state index contributed by atoms with van der Waals surface area (Å²) in [6, 6.07) is 17.9. The largest absolute Gasteiger partial charge is 0.465 e. The quantitative estimate of drug-likeness (QED) is 0.361. The number of sulfone groups is 1. The number of alkyl halides is 3. The SMILES string of the molecule is COC(=O)c1ccc(N2CCN(Cc3ccc(C(F)(F)F)c(Cl)c3)C(c3ccccc3)C2)cc1S(C)(=O)=O. The maximum absolute atomic E-state index is 13.2. The normalized spacial score (nSPS) is 16.9. The summed E-state index contributed by atoms with van der Waals surface area (Å²) in [6.45, 7) is 1.93. The van der Waals surface area contributed by atoms with Gasteiger partial charge in [-0.1, -0.05) is 48.0 Å². The Morgan fingerprint density at radius 3 is 2.37 bits per heavy atom. The van der Waals surface area contributed by atoms with Gasteiger partial charge in [-0.05, 0) is 41.5 Å². The van der Waals surface area contributed by atoms with Crippen molar-refractivity contribution in [2.45, 2.75) is 23.7 Å². The molecule has 1 saturated heterocycles. The molecular formula is C27H26ClF3N2O4S. The fraction of sp³-hybridized carbons (Fsp3) is 0.296. The van der Waals surface area contributed by atoms with Crippen molar-refractivity contribution < 1.29 is 31.1 Å². The first-order valence-electron chi connectivity index (χ1n) is 11.7. The van der Waals surface area contributed by atoms with Gasteiger partial charge in [0.1, 0.15) is 0 Å². The molecular weight excluding hydrogens is 541 g/mol. The number of methoxy groups -OCH3 is 1. The molecule has 0 saturated carbocycles. The van der Waals surface area contributed by atoms with Crippen molar-refractivity contribution in [2.75, 3.05) is 37.9 Å². The van der Waals surface area contributed by atoms with Gasteiger partial charge in [-0.2, -0.15) is 13.2 Å². The van der Waals surface area contributed by atoms with Crippen molar-refractivity contribution >= 4 is 33.1 Å². The summed E-state index contributed by atoms with van der Waals surface area (Å²) in [5.41, 5.74) is 1.39. The highest BCUT2D eigenvalue weighted by Gasteiger charge is 2.34. The molecule has 3 aromatic carbocycles. The van der Waals surface area contributed by atoms with Crippen LogP contribution in [0.2, 0.25) is 5.02 Å². The lowest BCUT2D eigenvalue weighted by Crippen LogP contribution is -2.48. The molecule has 1 aliphatic heterocycles. The Kier molecular flexibility index (Phi) is 8.06. The van der Waals surface area contributed by atoms with Gasteiger partial charge in [0.15, 0.2) is 9.84 Å². The molecule has 0 radical (unpaired) electrons. The number of hydrogen-bond donors (Lipinski definition) is 0. The van der Waals surface area contributed by atoms with Gasteiger partial charge in [0.2, 0.25) is 0 Å². The smallest absolute Gasteiger partial charge is 0.417 e. The molecule has 11 heteroatoms. The molecule has 3 aromatic rings. The first-order chi connectivity index (χ1) is 17.9. The summed E-state index contributed by atoms with van der Waals surface area (Å²) in [4.78, 5) is 16.2. The molecule has 0 amide bonds. The summed E-state index contributed by atoms with van der Waals surface area (Å²) in [5.74, 6) is -0.737. The number of hydrogen-bond acceptors (Lipinski definition) is 6. The number of carbonyl (C=O) groups excluding carboxylic acids is 1. The molecule has 1 unspecified atom stereocenters. The average molecular weight is 567 g/mol. The van der Waals surface area contributed by atoms with Crippen LogP contribution in [0, 0.1) is 0 Å². The van der Waals surface area contributed by atoms with Crippen molar-refractivity contribution in [2.24, 2.45) is 0 Å². The Morgan fingerprint density at radius 1 is 1.05 bits per heavy atom. The second kappa shape index (κ2) is 11.0. The number of piperazine rings is 1. The van der Waals surface area contributed by atoms with E-state index in [4.69, 9.17) is 16.3 Å². The highest BCUT2D eigenvalue weighted by Crippen LogP contribution is 2.36. The minimum atomic E-state index is -4.53. The van der Waals surface area contributed by atoms with E-state index in [1.54, 1.807) is 6.07 Å². The van der Waals surface area contributed by atoms with E-state index in [0.29, 0.717) is 37.4 Å². The average Bonchev–Trinajstić information content (AvgIpc) is 2.87. The third-order valence-corrected chi connectivity index (χ3v) is 7.98. The number of ether oxygens (including phenoxy) is 1. The van der Waals surface area contributed by atoms with Crippen molar-refractivity contribution in [1.82, 2.24) is 4.90 Å². The molecule has 6 nitrogen and oxygen atoms in total. The molecule has 0 bridgehead atoms. The van der Waals surface area contributed by atoms with Crippen LogP contribution in [0.3, 0.4) is 0 Å². The van der Waals surface area contributed by atoms with Gasteiger partial charge in [-0.3, -0.25) is 4.90 Å². The van der Waals surface area contributed by atoms with E-state index in [1.165, 1.54) is 31.4 Å². The van der Waals surface area contributed by atoms with Gasteiger partial charge in [-0.15, -0.1) is 0 Å². The first-order valence-corrected chi connectivity index (χ1v) is 14.0. The summed E-state index contributed by atoms with van der Waals surface area (Å²) in [5, 5.41) is -0.344. The Labute approximate surface area is 224 Å². The molecule has 1 atom stereocenters. The summed E-state index contributed by atoms with van der Waals surface area (Å²) >= 11 is 5.96. The molecule has 1 fully saturated rings. The van der Waals surface area contributed by atoms with Crippen LogP contribution in [0.15, 0.2) is 71.6 Å². The highest BCUT2D eigenvalue weighted by atomic mass is 35.5. The molecule has 38 heavy (non-hydrogen) atoms. The van der Waals surface area contributed by atoms with Crippen molar-refractivity contribution in [3.05, 3.63) is 94.0 Å². The minimum Gasteiger partial charge on any atom is -0.465 e. The van der Waals surface area contributed by atoms with E-state index < -0.39 is 27.5 Å². The van der Waals surface area contributed by atoms with E-state index >= 15 is 0 Å². The van der Waals surface area contributed by atoms with Gasteiger partial charge in [0, 0.05) is 38.1 Å². The zero-order valence-electron chi connectivity index (χ0n) is 20.7. The monoisotopic (exact) mass is 566 g/mol. The van der Waals surface area contributed by atoms with Gasteiger partial charge in [0.25, 0.3) is 0 Å². The Morgan fingerprint density at radius 2 is 1.76 bits per heavy atom. The standard InChI is InChI=1S/C27H26ClF3N2O4S/c1-37-26(34)21-10-9-20(15-25(21)38(2,35)36)32-12-13-33(24(17-32)19-6-4-3-5-7-19)16-18-8-11-22(23(28)14-18)27(29,30)31/h3-11,14-15,24H,12-13,16-17H2,1-2H3. The molecule has 0 aliphatic carbocycles. The van der Waals surface area contributed by atoms with Crippen LogP contribution in [-0.4, -0.2) is 52.3 Å². The number of halogens is 4. The number of esters is 1. The van der Waals surface area contributed by atoms with Crippen LogP contribution in [-0.2, 0) is 27.3 Å². The fourth-order valence-corrected chi connectivity index (χ4v) is 5.85. The number of nitrogens with zero attached hydrogens (tertiary/aromatic N) is 2. The molecule has 0 N–H and O–H groups in total. The van der Waals surface area contributed by atoms with E-state index in [-0.39, 0.29) is 21.5 Å². The Bertz CT molecular complexity index is 1430. The Hall–Kier alpha value is -3.08.